The van der Waals surface area contributed by atoms with Gasteiger partial charge in [-0.3, -0.25) is 4.79 Å². The molecular formula is C20H28BFN4O3. The Kier molecular flexibility index (Phi) is 4.47. The van der Waals surface area contributed by atoms with Gasteiger partial charge in [-0.05, 0) is 59.9 Å². The van der Waals surface area contributed by atoms with E-state index in [9.17, 15) is 9.18 Å². The zero-order valence-electron chi connectivity index (χ0n) is 17.6. The standard InChI is InChI=1S/C20H28BFN4O3/c1-18(2)19(3,4)29-21(28-18)12-9-14-16(25-15-7-6-8-20(15,5)22)13(17(23)27)10-24-26(14)11-12/h9-11,15,25H,6-8H2,1-5H3,(H2,23,27). The molecule has 1 saturated carbocycles. The molecule has 2 unspecified atom stereocenters. The molecule has 156 valence electrons. The quantitative estimate of drug-likeness (QED) is 0.767. The van der Waals surface area contributed by atoms with Crippen molar-refractivity contribution in [3.63, 3.8) is 0 Å². The maximum atomic E-state index is 14.9. The van der Waals surface area contributed by atoms with Gasteiger partial charge >= 0.3 is 7.12 Å². The lowest BCUT2D eigenvalue weighted by atomic mass is 9.81. The average Bonchev–Trinajstić information content (AvgIpc) is 3.22. The highest BCUT2D eigenvalue weighted by Gasteiger charge is 2.52. The van der Waals surface area contributed by atoms with Crippen molar-refractivity contribution in [3.05, 3.63) is 24.0 Å². The van der Waals surface area contributed by atoms with E-state index in [1.165, 1.54) is 6.20 Å². The van der Waals surface area contributed by atoms with Gasteiger partial charge in [0.2, 0.25) is 0 Å². The molecule has 0 bridgehead atoms. The molecule has 29 heavy (non-hydrogen) atoms. The monoisotopic (exact) mass is 402 g/mol. The van der Waals surface area contributed by atoms with Crippen LogP contribution in [-0.2, 0) is 9.31 Å². The van der Waals surface area contributed by atoms with E-state index < -0.39 is 35.9 Å². The Bertz CT molecular complexity index is 956. The van der Waals surface area contributed by atoms with E-state index in [1.807, 2.05) is 33.8 Å². The van der Waals surface area contributed by atoms with Crippen molar-refractivity contribution in [2.45, 2.75) is 76.8 Å². The molecule has 0 spiro atoms. The zero-order chi connectivity index (χ0) is 21.2. The molecule has 0 aromatic carbocycles. The molecule has 2 aromatic heterocycles. The number of carbonyl (C=O) groups is 1. The van der Waals surface area contributed by atoms with Crippen LogP contribution in [0.25, 0.3) is 5.52 Å². The normalized spacial score (nSPS) is 28.2. The summed E-state index contributed by atoms with van der Waals surface area (Å²) in [6.07, 6.45) is 5.17. The summed E-state index contributed by atoms with van der Waals surface area (Å²) < 4.78 is 28.8. The van der Waals surface area contributed by atoms with Crippen molar-refractivity contribution in [1.82, 2.24) is 9.61 Å². The second-order valence-corrected chi connectivity index (χ2v) is 9.36. The Morgan fingerprint density at radius 3 is 2.52 bits per heavy atom. The summed E-state index contributed by atoms with van der Waals surface area (Å²) >= 11 is 0. The Morgan fingerprint density at radius 1 is 1.31 bits per heavy atom. The Morgan fingerprint density at radius 2 is 1.97 bits per heavy atom. The Hall–Kier alpha value is -2.13. The van der Waals surface area contributed by atoms with Crippen molar-refractivity contribution >= 4 is 29.7 Å². The first-order valence-corrected chi connectivity index (χ1v) is 10.0. The fourth-order valence-electron chi connectivity index (χ4n) is 4.05. The van der Waals surface area contributed by atoms with Gasteiger partial charge in [-0.15, -0.1) is 0 Å². The summed E-state index contributed by atoms with van der Waals surface area (Å²) in [4.78, 5) is 12.0. The largest absolute Gasteiger partial charge is 0.496 e. The predicted molar refractivity (Wildman–Crippen MR) is 110 cm³/mol. The smallest absolute Gasteiger partial charge is 0.399 e. The third-order valence-electron chi connectivity index (χ3n) is 6.65. The third-order valence-corrected chi connectivity index (χ3v) is 6.65. The number of halogens is 1. The molecule has 2 atom stereocenters. The second kappa shape index (κ2) is 6.44. The first-order chi connectivity index (χ1) is 13.4. The van der Waals surface area contributed by atoms with E-state index in [-0.39, 0.29) is 5.56 Å². The summed E-state index contributed by atoms with van der Waals surface area (Å²) in [5.41, 5.74) is 5.41. The van der Waals surface area contributed by atoms with Crippen LogP contribution in [0.4, 0.5) is 10.1 Å². The second-order valence-electron chi connectivity index (χ2n) is 9.36. The number of nitrogens with one attached hydrogen (secondary N) is 1. The molecule has 2 aliphatic rings. The van der Waals surface area contributed by atoms with Crippen LogP contribution in [0.2, 0.25) is 0 Å². The Labute approximate surface area is 170 Å². The van der Waals surface area contributed by atoms with Crippen molar-refractivity contribution in [2.24, 2.45) is 5.73 Å². The molecule has 1 saturated heterocycles. The lowest BCUT2D eigenvalue weighted by molar-refractivity contribution is 0.00578. The number of alkyl halides is 1. The molecule has 1 amide bonds. The highest BCUT2D eigenvalue weighted by atomic mass is 19.1. The Balaban J connectivity index is 1.76. The van der Waals surface area contributed by atoms with Crippen molar-refractivity contribution in [3.8, 4) is 0 Å². The highest BCUT2D eigenvalue weighted by molar-refractivity contribution is 6.62. The fraction of sp³-hybridized carbons (Fsp3) is 0.600. The molecule has 2 fully saturated rings. The number of carbonyl (C=O) groups excluding carboxylic acids is 1. The number of hydrogen-bond donors (Lipinski definition) is 2. The molecule has 3 heterocycles. The number of aromatic nitrogens is 2. The van der Waals surface area contributed by atoms with Crippen molar-refractivity contribution < 1.29 is 18.5 Å². The van der Waals surface area contributed by atoms with Crippen LogP contribution >= 0.6 is 0 Å². The van der Waals surface area contributed by atoms with Gasteiger partial charge in [0.15, 0.2) is 0 Å². The van der Waals surface area contributed by atoms with E-state index >= 15 is 0 Å². The first-order valence-electron chi connectivity index (χ1n) is 10.0. The number of hydrogen-bond acceptors (Lipinski definition) is 5. The molecular weight excluding hydrogens is 374 g/mol. The maximum absolute atomic E-state index is 14.9. The van der Waals surface area contributed by atoms with Crippen LogP contribution in [0.5, 0.6) is 0 Å². The van der Waals surface area contributed by atoms with Crippen LogP contribution in [-0.4, -0.2) is 45.6 Å². The van der Waals surface area contributed by atoms with Gasteiger partial charge in [0.05, 0.1) is 40.2 Å². The zero-order valence-corrected chi connectivity index (χ0v) is 17.6. The van der Waals surface area contributed by atoms with E-state index in [0.717, 1.165) is 11.9 Å². The van der Waals surface area contributed by atoms with Gasteiger partial charge in [0.1, 0.15) is 5.67 Å². The first kappa shape index (κ1) is 20.2. The number of amides is 1. The van der Waals surface area contributed by atoms with Crippen LogP contribution < -0.4 is 16.5 Å². The number of nitrogens with two attached hydrogens (primary N) is 1. The van der Waals surface area contributed by atoms with Crippen LogP contribution in [0.1, 0.15) is 64.2 Å². The molecule has 2 aromatic rings. The fourth-order valence-corrected chi connectivity index (χ4v) is 4.05. The van der Waals surface area contributed by atoms with Crippen molar-refractivity contribution in [2.75, 3.05) is 5.32 Å². The molecule has 7 nitrogen and oxygen atoms in total. The minimum atomic E-state index is -1.35. The SMILES string of the molecule is CC1(F)CCCC1Nc1c(C(N)=O)cnn2cc(B3OC(C)(C)C(C)(C)O3)cc12. The number of rotatable bonds is 4. The molecule has 1 aliphatic carbocycles. The summed E-state index contributed by atoms with van der Waals surface area (Å²) in [7, 11) is -0.565. The number of primary amides is 1. The predicted octanol–water partition coefficient (Wildman–Crippen LogP) is 2.42. The summed E-state index contributed by atoms with van der Waals surface area (Å²) in [5, 5.41) is 7.55. The molecule has 4 rings (SSSR count). The van der Waals surface area contributed by atoms with Crippen LogP contribution in [0.15, 0.2) is 18.5 Å². The molecule has 3 N–H and O–H groups in total. The van der Waals surface area contributed by atoms with E-state index in [2.05, 4.69) is 10.4 Å². The highest BCUT2D eigenvalue weighted by Crippen LogP contribution is 2.38. The minimum Gasteiger partial charge on any atom is -0.399 e. The topological polar surface area (TPSA) is 90.9 Å². The summed E-state index contributed by atoms with van der Waals surface area (Å²) in [6, 6.07) is 1.45. The molecule has 1 aliphatic heterocycles. The van der Waals surface area contributed by atoms with Crippen LogP contribution in [0, 0.1) is 0 Å². The van der Waals surface area contributed by atoms with Gasteiger partial charge in [0.25, 0.3) is 5.91 Å². The van der Waals surface area contributed by atoms with Gasteiger partial charge in [-0.1, -0.05) is 0 Å². The van der Waals surface area contributed by atoms with Gasteiger partial charge in [0, 0.05) is 11.7 Å². The third kappa shape index (κ3) is 3.30. The lowest BCUT2D eigenvalue weighted by Gasteiger charge is -2.32. The van der Waals surface area contributed by atoms with Gasteiger partial charge in [-0.2, -0.15) is 5.10 Å². The van der Waals surface area contributed by atoms with E-state index in [4.69, 9.17) is 15.0 Å². The average molecular weight is 402 g/mol. The number of anilines is 1. The number of fused-ring (bicyclic) bond motifs is 1. The van der Waals surface area contributed by atoms with Crippen LogP contribution in [0.3, 0.4) is 0 Å². The summed E-state index contributed by atoms with van der Waals surface area (Å²) in [6.45, 7) is 9.54. The van der Waals surface area contributed by atoms with Crippen molar-refractivity contribution in [1.29, 1.82) is 0 Å². The molecule has 9 heteroatoms. The lowest BCUT2D eigenvalue weighted by Crippen LogP contribution is -2.41. The van der Waals surface area contributed by atoms with Gasteiger partial charge < -0.3 is 20.4 Å². The summed E-state index contributed by atoms with van der Waals surface area (Å²) in [5.74, 6) is -0.612. The number of nitrogens with zero attached hydrogens (tertiary/aromatic N) is 2. The maximum Gasteiger partial charge on any atom is 0.496 e. The van der Waals surface area contributed by atoms with Gasteiger partial charge in [-0.25, -0.2) is 8.91 Å². The molecule has 0 radical (unpaired) electrons. The minimum absolute atomic E-state index is 0.235. The van der Waals surface area contributed by atoms with E-state index in [0.29, 0.717) is 24.0 Å². The van der Waals surface area contributed by atoms with E-state index in [1.54, 1.807) is 17.6 Å².